The van der Waals surface area contributed by atoms with Crippen LogP contribution in [-0.4, -0.2) is 37.0 Å². The van der Waals surface area contributed by atoms with Crippen LogP contribution in [-0.2, 0) is 14.3 Å². The highest BCUT2D eigenvalue weighted by Crippen LogP contribution is 2.51. The van der Waals surface area contributed by atoms with Crippen LogP contribution in [0.3, 0.4) is 0 Å². The number of thioether (sulfide) groups is 1. The van der Waals surface area contributed by atoms with E-state index in [1.165, 1.54) is 20.0 Å². The van der Waals surface area contributed by atoms with E-state index in [0.29, 0.717) is 12.2 Å². The summed E-state index contributed by atoms with van der Waals surface area (Å²) in [5.74, 6) is 2.12. The summed E-state index contributed by atoms with van der Waals surface area (Å²) in [5.41, 5.74) is 0.120. The second kappa shape index (κ2) is 5.95. The van der Waals surface area contributed by atoms with Gasteiger partial charge in [-0.1, -0.05) is 0 Å². The molecule has 0 atom stereocenters. The predicted molar refractivity (Wildman–Crippen MR) is 71.4 cm³/mol. The third kappa shape index (κ3) is 4.52. The molecule has 2 aliphatic carbocycles. The molecule has 0 radical (unpaired) electrons. The lowest BCUT2D eigenvalue weighted by Crippen LogP contribution is -2.27. The van der Waals surface area contributed by atoms with E-state index in [1.54, 1.807) is 11.8 Å². The Hall–Kier alpha value is -0.710. The van der Waals surface area contributed by atoms with Gasteiger partial charge in [0.2, 0.25) is 5.91 Å². The number of ether oxygens (including phenoxy) is 1. The van der Waals surface area contributed by atoms with Crippen molar-refractivity contribution in [2.75, 3.05) is 25.2 Å². The Balaban J connectivity index is 1.56. The highest BCUT2D eigenvalue weighted by molar-refractivity contribution is 7.99. The van der Waals surface area contributed by atoms with Crippen molar-refractivity contribution in [3.05, 3.63) is 0 Å². The van der Waals surface area contributed by atoms with E-state index in [0.717, 1.165) is 31.1 Å². The number of carbonyl (C=O) groups excluding carboxylic acids is 2. The topological polar surface area (TPSA) is 55.4 Å². The number of hydrogen-bond acceptors (Lipinski definition) is 4. The fraction of sp³-hybridized carbons (Fsp3) is 0.846. The summed E-state index contributed by atoms with van der Waals surface area (Å²) in [6.07, 6.45) is 5.18. The first kappa shape index (κ1) is 13.7. The smallest absolute Gasteiger partial charge is 0.306 e. The van der Waals surface area contributed by atoms with Crippen molar-refractivity contribution in [1.82, 2.24) is 5.32 Å². The van der Waals surface area contributed by atoms with E-state index in [4.69, 9.17) is 4.74 Å². The second-order valence-corrected chi connectivity index (χ2v) is 6.48. The van der Waals surface area contributed by atoms with Crippen LogP contribution in [0.1, 0.15) is 32.1 Å². The van der Waals surface area contributed by atoms with Gasteiger partial charge >= 0.3 is 5.97 Å². The summed E-state index contributed by atoms with van der Waals surface area (Å²) in [6, 6.07) is 0. The maximum atomic E-state index is 11.5. The van der Waals surface area contributed by atoms with E-state index >= 15 is 0 Å². The Bertz CT molecular complexity index is 324. The van der Waals surface area contributed by atoms with Crippen molar-refractivity contribution in [1.29, 1.82) is 0 Å². The molecule has 0 saturated heterocycles. The zero-order chi connectivity index (χ0) is 13.0. The van der Waals surface area contributed by atoms with Crippen molar-refractivity contribution in [3.8, 4) is 0 Å². The average Bonchev–Trinajstić information content (AvgIpc) is 3.22. The Labute approximate surface area is 112 Å². The molecule has 0 bridgehead atoms. The lowest BCUT2D eigenvalue weighted by atomic mass is 10.1. The highest BCUT2D eigenvalue weighted by Gasteiger charge is 2.44. The molecule has 102 valence electrons. The van der Waals surface area contributed by atoms with Crippen molar-refractivity contribution >= 4 is 23.6 Å². The van der Waals surface area contributed by atoms with Gasteiger partial charge < -0.3 is 10.1 Å². The molecule has 5 heteroatoms. The molecule has 18 heavy (non-hydrogen) atoms. The molecule has 0 aromatic rings. The normalized spacial score (nSPS) is 20.3. The van der Waals surface area contributed by atoms with Crippen LogP contribution in [0.5, 0.6) is 0 Å². The van der Waals surface area contributed by atoms with Gasteiger partial charge in [-0.2, -0.15) is 11.8 Å². The standard InChI is InChI=1S/C13H21NO3S/c1-17-12(16)6-13(4-5-13)9-18-8-11(15)14-7-10-2-3-10/h10H,2-9H2,1H3,(H,14,15). The minimum absolute atomic E-state index is 0.120. The zero-order valence-electron chi connectivity index (χ0n) is 10.9. The molecule has 0 aromatic heterocycles. The van der Waals surface area contributed by atoms with Gasteiger partial charge in [0.1, 0.15) is 0 Å². The molecule has 1 N–H and O–H groups in total. The van der Waals surface area contributed by atoms with Crippen LogP contribution >= 0.6 is 11.8 Å². The molecule has 1 amide bonds. The van der Waals surface area contributed by atoms with Crippen molar-refractivity contribution in [3.63, 3.8) is 0 Å². The minimum Gasteiger partial charge on any atom is -0.469 e. The maximum absolute atomic E-state index is 11.5. The van der Waals surface area contributed by atoms with Crippen LogP contribution in [0.4, 0.5) is 0 Å². The van der Waals surface area contributed by atoms with Gasteiger partial charge in [0.25, 0.3) is 0 Å². The van der Waals surface area contributed by atoms with Crippen LogP contribution < -0.4 is 5.32 Å². The predicted octanol–water partition coefficient (Wildman–Crippen LogP) is 1.59. The van der Waals surface area contributed by atoms with Gasteiger partial charge in [0, 0.05) is 6.54 Å². The molecule has 0 aliphatic heterocycles. The molecule has 0 spiro atoms. The summed E-state index contributed by atoms with van der Waals surface area (Å²) in [5, 5.41) is 2.95. The van der Waals surface area contributed by atoms with E-state index in [9.17, 15) is 9.59 Å². The van der Waals surface area contributed by atoms with E-state index in [2.05, 4.69) is 5.32 Å². The van der Waals surface area contributed by atoms with Crippen LogP contribution in [0.15, 0.2) is 0 Å². The summed E-state index contributed by atoms with van der Waals surface area (Å²) < 4.78 is 4.70. The Kier molecular flexibility index (Phi) is 4.54. The lowest BCUT2D eigenvalue weighted by molar-refractivity contribution is -0.141. The van der Waals surface area contributed by atoms with Crippen molar-refractivity contribution in [2.45, 2.75) is 32.1 Å². The first-order valence-electron chi connectivity index (χ1n) is 6.55. The summed E-state index contributed by atoms with van der Waals surface area (Å²) >= 11 is 1.64. The largest absolute Gasteiger partial charge is 0.469 e. The highest BCUT2D eigenvalue weighted by atomic mass is 32.2. The summed E-state index contributed by atoms with van der Waals surface area (Å²) in [7, 11) is 1.43. The zero-order valence-corrected chi connectivity index (χ0v) is 11.7. The van der Waals surface area contributed by atoms with E-state index < -0.39 is 0 Å². The quantitative estimate of drug-likeness (QED) is 0.681. The average molecular weight is 271 g/mol. The first-order chi connectivity index (χ1) is 8.63. The number of methoxy groups -OCH3 is 1. The van der Waals surface area contributed by atoms with E-state index in [-0.39, 0.29) is 17.3 Å². The fourth-order valence-corrected chi connectivity index (χ4v) is 3.13. The number of esters is 1. The molecule has 0 heterocycles. The fourth-order valence-electron chi connectivity index (χ4n) is 1.92. The molecule has 4 nitrogen and oxygen atoms in total. The van der Waals surface area contributed by atoms with Crippen LogP contribution in [0, 0.1) is 11.3 Å². The van der Waals surface area contributed by atoms with Gasteiger partial charge in [-0.15, -0.1) is 0 Å². The van der Waals surface area contributed by atoms with E-state index in [1.807, 2.05) is 0 Å². The molecule has 2 rings (SSSR count). The minimum atomic E-state index is -0.133. The van der Waals surface area contributed by atoms with Crippen molar-refractivity contribution < 1.29 is 14.3 Å². The monoisotopic (exact) mass is 271 g/mol. The maximum Gasteiger partial charge on any atom is 0.306 e. The Morgan fingerprint density at radius 1 is 1.39 bits per heavy atom. The van der Waals surface area contributed by atoms with Gasteiger partial charge in [-0.3, -0.25) is 9.59 Å². The molecular weight excluding hydrogens is 250 g/mol. The van der Waals surface area contributed by atoms with Crippen LogP contribution in [0.2, 0.25) is 0 Å². The number of rotatable bonds is 8. The van der Waals surface area contributed by atoms with Gasteiger partial charge in [-0.05, 0) is 42.8 Å². The number of hydrogen-bond donors (Lipinski definition) is 1. The third-order valence-corrected chi connectivity index (χ3v) is 4.91. The van der Waals surface area contributed by atoms with Crippen molar-refractivity contribution in [2.24, 2.45) is 11.3 Å². The third-order valence-electron chi connectivity index (χ3n) is 3.63. The van der Waals surface area contributed by atoms with Gasteiger partial charge in [0.15, 0.2) is 0 Å². The van der Waals surface area contributed by atoms with Gasteiger partial charge in [0.05, 0.1) is 19.3 Å². The summed E-state index contributed by atoms with van der Waals surface area (Å²) in [6.45, 7) is 0.840. The first-order valence-corrected chi connectivity index (χ1v) is 7.70. The second-order valence-electron chi connectivity index (χ2n) is 5.49. The molecule has 2 fully saturated rings. The Morgan fingerprint density at radius 2 is 2.11 bits per heavy atom. The number of amides is 1. The molecule has 0 unspecified atom stereocenters. The SMILES string of the molecule is COC(=O)CC1(CSCC(=O)NCC2CC2)CC1. The number of nitrogens with one attached hydrogen (secondary N) is 1. The number of carbonyl (C=O) groups is 2. The Morgan fingerprint density at radius 3 is 2.67 bits per heavy atom. The lowest BCUT2D eigenvalue weighted by Gasteiger charge is -2.12. The summed E-state index contributed by atoms with van der Waals surface area (Å²) in [4.78, 5) is 22.8. The molecule has 2 aliphatic rings. The van der Waals surface area contributed by atoms with Gasteiger partial charge in [-0.25, -0.2) is 0 Å². The van der Waals surface area contributed by atoms with Crippen LogP contribution in [0.25, 0.3) is 0 Å². The molecular formula is C13H21NO3S. The molecule has 0 aromatic carbocycles. The molecule has 2 saturated carbocycles.